The maximum Gasteiger partial charge on any atom is 0.0719 e. The van der Waals surface area contributed by atoms with Crippen LogP contribution in [0, 0.1) is 0 Å². The maximum atomic E-state index is 2.48. The van der Waals surface area contributed by atoms with Gasteiger partial charge in [0.05, 0.1) is 5.41 Å². The smallest absolute Gasteiger partial charge is 0.0719 e. The van der Waals surface area contributed by atoms with Crippen molar-refractivity contribution in [3.63, 3.8) is 0 Å². The van der Waals surface area contributed by atoms with Crippen LogP contribution < -0.4 is 0 Å². The third-order valence-corrected chi connectivity index (χ3v) is 11.3. The van der Waals surface area contributed by atoms with Crippen molar-refractivity contribution in [3.8, 4) is 33.4 Å². The molecule has 1 atom stereocenters. The number of hydrogen-bond acceptors (Lipinski definition) is 1. The summed E-state index contributed by atoms with van der Waals surface area (Å²) in [6.45, 7) is 0. The molecule has 0 amide bonds. The van der Waals surface area contributed by atoms with Gasteiger partial charge in [0, 0.05) is 15.2 Å². The van der Waals surface area contributed by atoms with E-state index >= 15 is 0 Å². The summed E-state index contributed by atoms with van der Waals surface area (Å²) in [5, 5.41) is 5.22. The molecule has 0 spiro atoms. The van der Waals surface area contributed by atoms with Crippen LogP contribution in [0.3, 0.4) is 0 Å². The van der Waals surface area contributed by atoms with E-state index in [-0.39, 0.29) is 0 Å². The predicted octanol–water partition coefficient (Wildman–Crippen LogP) is 12.2. The SMILES string of the molecule is c1ccc(C2(c3cccc4ccccc34)c3ccccc3-c3ccc(-c4ccc5c(c4)-c4cccc6cccc(c46)S5)cc32)cc1. The second kappa shape index (κ2) is 9.81. The van der Waals surface area contributed by atoms with Gasteiger partial charge in [-0.3, -0.25) is 0 Å². The van der Waals surface area contributed by atoms with E-state index in [4.69, 9.17) is 0 Å². The van der Waals surface area contributed by atoms with Crippen LogP contribution in [0.15, 0.2) is 180 Å². The zero-order valence-corrected chi connectivity index (χ0v) is 25.9. The van der Waals surface area contributed by atoms with Gasteiger partial charge in [0.1, 0.15) is 0 Å². The summed E-state index contributed by atoms with van der Waals surface area (Å²) in [6.07, 6.45) is 0. The molecular formula is C45H28S. The molecular weight excluding hydrogens is 573 g/mol. The van der Waals surface area contributed by atoms with Crippen molar-refractivity contribution in [2.45, 2.75) is 15.2 Å². The van der Waals surface area contributed by atoms with Crippen molar-refractivity contribution in [1.29, 1.82) is 0 Å². The van der Waals surface area contributed by atoms with Gasteiger partial charge in [-0.25, -0.2) is 0 Å². The van der Waals surface area contributed by atoms with Gasteiger partial charge >= 0.3 is 0 Å². The Hall–Kier alpha value is -5.37. The first-order valence-corrected chi connectivity index (χ1v) is 16.7. The minimum atomic E-state index is -0.460. The lowest BCUT2D eigenvalue weighted by Crippen LogP contribution is -2.29. The van der Waals surface area contributed by atoms with Crippen LogP contribution in [0.25, 0.3) is 54.9 Å². The molecule has 1 aliphatic heterocycles. The lowest BCUT2D eigenvalue weighted by Gasteiger charge is -2.35. The van der Waals surface area contributed by atoms with Gasteiger partial charge in [-0.2, -0.15) is 0 Å². The maximum absolute atomic E-state index is 2.48. The van der Waals surface area contributed by atoms with Crippen molar-refractivity contribution < 1.29 is 0 Å². The second-order valence-electron chi connectivity index (χ2n) is 12.4. The summed E-state index contributed by atoms with van der Waals surface area (Å²) in [5.74, 6) is 0. The van der Waals surface area contributed by atoms with Crippen LogP contribution in [0.5, 0.6) is 0 Å². The van der Waals surface area contributed by atoms with E-state index < -0.39 is 5.41 Å². The standard InChI is InChI=1S/C45H28S/c1-2-15-33(16-3-1)45(39-21-9-12-29-11-4-5-17-34(29)39)40-20-7-6-18-35(40)36-25-23-32(28-41(36)45)31-24-26-42-38(27-31)37-19-8-13-30-14-10-22-43(46-42)44(30)37/h1-28H. The van der Waals surface area contributed by atoms with Crippen molar-refractivity contribution in [3.05, 3.63) is 192 Å². The van der Waals surface area contributed by atoms with Gasteiger partial charge in [0.15, 0.2) is 0 Å². The Morgan fingerprint density at radius 2 is 1.02 bits per heavy atom. The monoisotopic (exact) mass is 600 g/mol. The number of rotatable bonds is 3. The van der Waals surface area contributed by atoms with Gasteiger partial charge in [-0.15, -0.1) is 0 Å². The van der Waals surface area contributed by atoms with E-state index in [1.165, 1.54) is 87.0 Å². The summed E-state index contributed by atoms with van der Waals surface area (Å²) in [7, 11) is 0. The third-order valence-electron chi connectivity index (χ3n) is 10.1. The predicted molar refractivity (Wildman–Crippen MR) is 194 cm³/mol. The highest BCUT2D eigenvalue weighted by Gasteiger charge is 2.46. The molecule has 8 aromatic carbocycles. The molecule has 1 aliphatic carbocycles. The first-order valence-electron chi connectivity index (χ1n) is 15.9. The number of hydrogen-bond donors (Lipinski definition) is 0. The average Bonchev–Trinajstić information content (AvgIpc) is 3.42. The summed E-state index contributed by atoms with van der Waals surface area (Å²) >= 11 is 1.89. The average molecular weight is 601 g/mol. The van der Waals surface area contributed by atoms with E-state index in [2.05, 4.69) is 170 Å². The fourth-order valence-electron chi connectivity index (χ4n) is 8.20. The van der Waals surface area contributed by atoms with E-state index in [9.17, 15) is 0 Å². The summed E-state index contributed by atoms with van der Waals surface area (Å²) in [4.78, 5) is 2.66. The van der Waals surface area contributed by atoms with Crippen LogP contribution in [0.1, 0.15) is 22.3 Å². The molecule has 1 heteroatoms. The number of benzene rings is 8. The highest BCUT2D eigenvalue weighted by molar-refractivity contribution is 7.99. The van der Waals surface area contributed by atoms with E-state index in [0.717, 1.165) is 0 Å². The summed E-state index contributed by atoms with van der Waals surface area (Å²) in [6, 6.07) is 63.4. The first kappa shape index (κ1) is 25.9. The fraction of sp³-hybridized carbons (Fsp3) is 0.0222. The van der Waals surface area contributed by atoms with Gasteiger partial charge < -0.3 is 0 Å². The van der Waals surface area contributed by atoms with Gasteiger partial charge in [0.25, 0.3) is 0 Å². The molecule has 2 aliphatic rings. The molecule has 1 unspecified atom stereocenters. The Morgan fingerprint density at radius 3 is 1.96 bits per heavy atom. The quantitative estimate of drug-likeness (QED) is 0.194. The Morgan fingerprint density at radius 1 is 0.370 bits per heavy atom. The second-order valence-corrected chi connectivity index (χ2v) is 13.5. The molecule has 10 rings (SSSR count). The summed E-state index contributed by atoms with van der Waals surface area (Å²) < 4.78 is 0. The van der Waals surface area contributed by atoms with Crippen LogP contribution in [0.2, 0.25) is 0 Å². The molecule has 1 heterocycles. The Kier molecular flexibility index (Phi) is 5.53. The van der Waals surface area contributed by atoms with Crippen molar-refractivity contribution in [1.82, 2.24) is 0 Å². The first-order chi connectivity index (χ1) is 22.8. The fourth-order valence-corrected chi connectivity index (χ4v) is 9.33. The van der Waals surface area contributed by atoms with Crippen molar-refractivity contribution >= 4 is 33.3 Å². The molecule has 0 aromatic heterocycles. The molecule has 0 bridgehead atoms. The molecule has 214 valence electrons. The van der Waals surface area contributed by atoms with E-state index in [0.29, 0.717) is 0 Å². The summed E-state index contributed by atoms with van der Waals surface area (Å²) in [5.41, 5.74) is 12.6. The highest BCUT2D eigenvalue weighted by Crippen LogP contribution is 2.58. The minimum absolute atomic E-state index is 0.460. The minimum Gasteiger partial charge on any atom is -0.0888 e. The Balaban J connectivity index is 1.25. The van der Waals surface area contributed by atoms with Crippen LogP contribution >= 0.6 is 11.8 Å². The van der Waals surface area contributed by atoms with Gasteiger partial charge in [0.2, 0.25) is 0 Å². The molecule has 0 saturated carbocycles. The van der Waals surface area contributed by atoms with Gasteiger partial charge in [-0.1, -0.05) is 157 Å². The normalized spacial score (nSPS) is 15.8. The van der Waals surface area contributed by atoms with E-state index in [1.54, 1.807) is 0 Å². The third kappa shape index (κ3) is 3.52. The molecule has 8 aromatic rings. The van der Waals surface area contributed by atoms with Crippen molar-refractivity contribution in [2.24, 2.45) is 0 Å². The molecule has 0 nitrogen and oxygen atoms in total. The largest absolute Gasteiger partial charge is 0.0888 e. The lowest BCUT2D eigenvalue weighted by molar-refractivity contribution is 0.776. The highest BCUT2D eigenvalue weighted by atomic mass is 32.2. The van der Waals surface area contributed by atoms with Crippen LogP contribution in [-0.4, -0.2) is 0 Å². The Bertz CT molecular complexity index is 2500. The zero-order chi connectivity index (χ0) is 30.2. The molecule has 0 N–H and O–H groups in total. The molecule has 0 saturated heterocycles. The molecule has 0 fully saturated rings. The van der Waals surface area contributed by atoms with Crippen LogP contribution in [-0.2, 0) is 5.41 Å². The van der Waals surface area contributed by atoms with Gasteiger partial charge in [-0.05, 0) is 96.1 Å². The topological polar surface area (TPSA) is 0 Å². The zero-order valence-electron chi connectivity index (χ0n) is 25.1. The molecule has 0 radical (unpaired) electrons. The molecule has 46 heavy (non-hydrogen) atoms. The van der Waals surface area contributed by atoms with Crippen molar-refractivity contribution in [2.75, 3.05) is 0 Å². The lowest BCUT2D eigenvalue weighted by atomic mass is 9.66. The van der Waals surface area contributed by atoms with E-state index in [1.807, 2.05) is 11.8 Å². The van der Waals surface area contributed by atoms with Crippen LogP contribution in [0.4, 0.5) is 0 Å². The Labute approximate surface area is 273 Å². The number of fused-ring (bicyclic) bond motifs is 6.